The van der Waals surface area contributed by atoms with E-state index in [2.05, 4.69) is 30.3 Å². The first kappa shape index (κ1) is 23.9. The zero-order valence-electron chi connectivity index (χ0n) is 20.1. The molecule has 9 nitrogen and oxygen atoms in total. The molecule has 0 unspecified atom stereocenters. The second kappa shape index (κ2) is 11.8. The van der Waals surface area contributed by atoms with Gasteiger partial charge in [0, 0.05) is 31.7 Å². The van der Waals surface area contributed by atoms with Crippen molar-refractivity contribution in [3.63, 3.8) is 0 Å². The van der Waals surface area contributed by atoms with E-state index in [1.54, 1.807) is 24.4 Å². The highest BCUT2D eigenvalue weighted by atomic mass is 19.1. The summed E-state index contributed by atoms with van der Waals surface area (Å²) in [5.41, 5.74) is 4.30. The summed E-state index contributed by atoms with van der Waals surface area (Å²) in [6, 6.07) is 14.0. The van der Waals surface area contributed by atoms with Crippen LogP contribution in [0, 0.1) is 5.82 Å². The first-order valence-electron chi connectivity index (χ1n) is 12.3. The number of halogens is 1. The molecule has 2 aromatic carbocycles. The van der Waals surface area contributed by atoms with Crippen LogP contribution in [0.1, 0.15) is 30.4 Å². The van der Waals surface area contributed by atoms with Crippen molar-refractivity contribution < 1.29 is 13.9 Å². The summed E-state index contributed by atoms with van der Waals surface area (Å²) in [4.78, 5) is 18.3. The molecule has 188 valence electrons. The van der Waals surface area contributed by atoms with Crippen molar-refractivity contribution in [2.45, 2.75) is 25.9 Å². The van der Waals surface area contributed by atoms with Crippen molar-refractivity contribution in [1.29, 1.82) is 0 Å². The second-order valence-corrected chi connectivity index (χ2v) is 8.73. The van der Waals surface area contributed by atoms with E-state index in [0.29, 0.717) is 42.4 Å². The van der Waals surface area contributed by atoms with Crippen molar-refractivity contribution in [2.24, 2.45) is 5.10 Å². The third kappa shape index (κ3) is 6.25. The van der Waals surface area contributed by atoms with Crippen LogP contribution in [0.2, 0.25) is 0 Å². The van der Waals surface area contributed by atoms with Crippen molar-refractivity contribution >= 4 is 24.1 Å². The molecule has 0 bridgehead atoms. The molecule has 3 aromatic rings. The molecule has 2 fully saturated rings. The average Bonchev–Trinajstić information content (AvgIpc) is 2.94. The van der Waals surface area contributed by atoms with Gasteiger partial charge in [-0.2, -0.15) is 20.1 Å². The average molecular weight is 492 g/mol. The van der Waals surface area contributed by atoms with Crippen LogP contribution in [0.3, 0.4) is 0 Å². The first-order chi connectivity index (χ1) is 17.7. The normalized spacial score (nSPS) is 16.4. The molecule has 1 N–H and O–H groups in total. The van der Waals surface area contributed by atoms with E-state index in [9.17, 15) is 4.39 Å². The Kier molecular flexibility index (Phi) is 7.82. The van der Waals surface area contributed by atoms with Gasteiger partial charge in [-0.1, -0.05) is 30.3 Å². The van der Waals surface area contributed by atoms with Crippen LogP contribution in [0.15, 0.2) is 53.6 Å². The number of piperidine rings is 1. The summed E-state index contributed by atoms with van der Waals surface area (Å²) in [6.45, 7) is 4.82. The minimum Gasteiger partial charge on any atom is -0.489 e. The predicted molar refractivity (Wildman–Crippen MR) is 137 cm³/mol. The largest absolute Gasteiger partial charge is 0.489 e. The van der Waals surface area contributed by atoms with Crippen LogP contribution in [-0.2, 0) is 11.3 Å². The number of hydrogen-bond donors (Lipinski definition) is 1. The molecule has 2 saturated heterocycles. The number of aromatic nitrogens is 3. The van der Waals surface area contributed by atoms with Crippen LogP contribution in [0.5, 0.6) is 5.75 Å². The molecule has 0 spiro atoms. The predicted octanol–water partition coefficient (Wildman–Crippen LogP) is 3.86. The number of anilines is 3. The molecule has 0 amide bonds. The summed E-state index contributed by atoms with van der Waals surface area (Å²) < 4.78 is 25.1. The minimum absolute atomic E-state index is 0.153. The zero-order valence-corrected chi connectivity index (χ0v) is 20.1. The number of nitrogens with one attached hydrogen (secondary N) is 1. The van der Waals surface area contributed by atoms with E-state index in [0.717, 1.165) is 44.6 Å². The molecular formula is C26H30FN7O2. The van der Waals surface area contributed by atoms with Gasteiger partial charge in [0.1, 0.15) is 18.2 Å². The van der Waals surface area contributed by atoms with Gasteiger partial charge in [-0.3, -0.25) is 0 Å². The molecule has 0 aliphatic carbocycles. The molecule has 10 heteroatoms. The number of benzene rings is 2. The maximum Gasteiger partial charge on any atom is 0.250 e. The summed E-state index contributed by atoms with van der Waals surface area (Å²) >= 11 is 0. The van der Waals surface area contributed by atoms with Crippen LogP contribution in [0.4, 0.5) is 22.2 Å². The SMILES string of the molecule is Fc1ccccc1COc1cccc(/C=N/Nc2nc(N3CCCCC3)nc(N3CCOCC3)n2)c1. The Morgan fingerprint density at radius 1 is 0.917 bits per heavy atom. The smallest absolute Gasteiger partial charge is 0.250 e. The maximum absolute atomic E-state index is 13.9. The quantitative estimate of drug-likeness (QED) is 0.375. The van der Waals surface area contributed by atoms with Gasteiger partial charge in [0.15, 0.2) is 0 Å². The third-order valence-electron chi connectivity index (χ3n) is 6.13. The topological polar surface area (TPSA) is 88.0 Å². The van der Waals surface area contributed by atoms with Crippen molar-refractivity contribution in [3.05, 3.63) is 65.5 Å². The second-order valence-electron chi connectivity index (χ2n) is 8.73. The highest BCUT2D eigenvalue weighted by molar-refractivity contribution is 5.80. The molecule has 0 radical (unpaired) electrons. The van der Waals surface area contributed by atoms with E-state index in [-0.39, 0.29) is 12.4 Å². The molecule has 2 aliphatic heterocycles. The number of hydrogen-bond acceptors (Lipinski definition) is 9. The van der Waals surface area contributed by atoms with E-state index in [1.807, 2.05) is 24.3 Å². The van der Waals surface area contributed by atoms with Crippen LogP contribution in [-0.4, -0.2) is 60.6 Å². The molecule has 36 heavy (non-hydrogen) atoms. The van der Waals surface area contributed by atoms with Gasteiger partial charge >= 0.3 is 0 Å². The number of rotatable bonds is 8. The number of morpholine rings is 1. The lowest BCUT2D eigenvalue weighted by Gasteiger charge is -2.30. The Bertz CT molecular complexity index is 1140. The Labute approximate surface area is 210 Å². The zero-order chi connectivity index (χ0) is 24.6. The first-order valence-corrected chi connectivity index (χ1v) is 12.3. The fourth-order valence-corrected chi connectivity index (χ4v) is 4.17. The Balaban J connectivity index is 1.27. The molecule has 2 aliphatic rings. The highest BCUT2D eigenvalue weighted by Gasteiger charge is 2.20. The molecule has 0 atom stereocenters. The lowest BCUT2D eigenvalue weighted by Crippen LogP contribution is -2.38. The van der Waals surface area contributed by atoms with E-state index in [1.165, 1.54) is 12.5 Å². The van der Waals surface area contributed by atoms with Crippen molar-refractivity contribution in [1.82, 2.24) is 15.0 Å². The van der Waals surface area contributed by atoms with Crippen molar-refractivity contribution in [3.8, 4) is 5.75 Å². The van der Waals surface area contributed by atoms with Crippen LogP contribution >= 0.6 is 0 Å². The fourth-order valence-electron chi connectivity index (χ4n) is 4.17. The fraction of sp³-hybridized carbons (Fsp3) is 0.385. The minimum atomic E-state index is -0.280. The van der Waals surface area contributed by atoms with Crippen LogP contribution < -0.4 is 20.0 Å². The van der Waals surface area contributed by atoms with Gasteiger partial charge in [0.05, 0.1) is 19.4 Å². The summed E-state index contributed by atoms with van der Waals surface area (Å²) in [7, 11) is 0. The van der Waals surface area contributed by atoms with Gasteiger partial charge in [-0.25, -0.2) is 9.82 Å². The Morgan fingerprint density at radius 2 is 1.67 bits per heavy atom. The maximum atomic E-state index is 13.9. The number of ether oxygens (including phenoxy) is 2. The lowest BCUT2D eigenvalue weighted by atomic mass is 10.1. The van der Waals surface area contributed by atoms with Crippen molar-refractivity contribution in [2.75, 3.05) is 54.6 Å². The molecule has 0 saturated carbocycles. The standard InChI is InChI=1S/C26H30FN7O2/c27-23-10-3-2-8-21(23)19-36-22-9-6-7-20(17-22)18-28-32-24-29-25(33-11-4-1-5-12-33)31-26(30-24)34-13-15-35-16-14-34/h2-3,6-10,17-18H,1,4-5,11-16,19H2,(H,29,30,31,32)/b28-18+. The summed E-state index contributed by atoms with van der Waals surface area (Å²) in [6.07, 6.45) is 5.18. The molecular weight excluding hydrogens is 461 g/mol. The van der Waals surface area contributed by atoms with Gasteiger partial charge in [0.25, 0.3) is 0 Å². The number of nitrogens with zero attached hydrogens (tertiary/aromatic N) is 6. The molecule has 5 rings (SSSR count). The summed E-state index contributed by atoms with van der Waals surface area (Å²) in [5.74, 6) is 2.05. The van der Waals surface area contributed by atoms with Crippen LogP contribution in [0.25, 0.3) is 0 Å². The highest BCUT2D eigenvalue weighted by Crippen LogP contribution is 2.21. The Morgan fingerprint density at radius 3 is 2.44 bits per heavy atom. The van der Waals surface area contributed by atoms with Gasteiger partial charge in [0.2, 0.25) is 17.8 Å². The Hall–Kier alpha value is -3.79. The molecule has 1 aromatic heterocycles. The van der Waals surface area contributed by atoms with Gasteiger partial charge in [-0.15, -0.1) is 0 Å². The summed E-state index contributed by atoms with van der Waals surface area (Å²) in [5, 5.41) is 4.35. The van der Waals surface area contributed by atoms with E-state index in [4.69, 9.17) is 14.5 Å². The number of hydrazone groups is 1. The van der Waals surface area contributed by atoms with Gasteiger partial charge < -0.3 is 19.3 Å². The van der Waals surface area contributed by atoms with Gasteiger partial charge in [-0.05, 0) is 43.0 Å². The van der Waals surface area contributed by atoms with E-state index >= 15 is 0 Å². The van der Waals surface area contributed by atoms with E-state index < -0.39 is 0 Å². The molecule has 3 heterocycles. The lowest BCUT2D eigenvalue weighted by molar-refractivity contribution is 0.122. The monoisotopic (exact) mass is 491 g/mol. The third-order valence-corrected chi connectivity index (χ3v) is 6.13.